The molecule has 1 amide bonds. The molecular weight excluding hydrogens is 192 g/mol. The molecule has 2 N–H and O–H groups in total. The van der Waals surface area contributed by atoms with Crippen LogP contribution < -0.4 is 5.73 Å². The number of amides is 1. The summed E-state index contributed by atoms with van der Waals surface area (Å²) in [6, 6.07) is 0. The largest absolute Gasteiger partial charge is 0.385 e. The monoisotopic (exact) mass is 216 g/mol. The summed E-state index contributed by atoms with van der Waals surface area (Å²) in [6.45, 7) is 4.09. The van der Waals surface area contributed by atoms with Crippen LogP contribution in [-0.4, -0.2) is 44.7 Å². The van der Waals surface area contributed by atoms with Gasteiger partial charge in [-0.15, -0.1) is 0 Å². The first-order chi connectivity index (χ1) is 7.13. The average molecular weight is 216 g/mol. The Morgan fingerprint density at radius 2 is 2.13 bits per heavy atom. The molecule has 0 aliphatic heterocycles. The van der Waals surface area contributed by atoms with Crippen molar-refractivity contribution in [3.05, 3.63) is 0 Å². The van der Waals surface area contributed by atoms with Gasteiger partial charge in [-0.25, -0.2) is 0 Å². The Hall–Kier alpha value is -0.610. The van der Waals surface area contributed by atoms with E-state index in [0.717, 1.165) is 25.8 Å². The van der Waals surface area contributed by atoms with Crippen molar-refractivity contribution in [3.8, 4) is 0 Å². The molecule has 0 radical (unpaired) electrons. The predicted molar refractivity (Wildman–Crippen MR) is 61.6 cm³/mol. The van der Waals surface area contributed by atoms with Gasteiger partial charge in [0.15, 0.2) is 0 Å². The lowest BCUT2D eigenvalue weighted by atomic mass is 10.0. The maximum Gasteiger partial charge on any atom is 0.225 e. The lowest BCUT2D eigenvalue weighted by molar-refractivity contribution is -0.134. The average Bonchev–Trinajstić information content (AvgIpc) is 2.24. The van der Waals surface area contributed by atoms with Gasteiger partial charge in [0.1, 0.15) is 0 Å². The van der Waals surface area contributed by atoms with E-state index in [2.05, 4.69) is 0 Å². The minimum atomic E-state index is 0.0843. The molecule has 0 rings (SSSR count). The molecule has 0 aromatic rings. The summed E-state index contributed by atoms with van der Waals surface area (Å²) in [5.74, 6) is 0.292. The molecule has 1 atom stereocenters. The number of carbonyl (C=O) groups is 1. The number of hydrogen-bond donors (Lipinski definition) is 1. The molecule has 0 fully saturated rings. The van der Waals surface area contributed by atoms with Gasteiger partial charge in [0.25, 0.3) is 0 Å². The Morgan fingerprint density at radius 1 is 1.47 bits per heavy atom. The summed E-state index contributed by atoms with van der Waals surface area (Å²) in [7, 11) is 3.52. The molecule has 4 heteroatoms. The Balaban J connectivity index is 3.75. The Labute approximate surface area is 92.8 Å². The van der Waals surface area contributed by atoms with E-state index in [-0.39, 0.29) is 11.8 Å². The molecule has 0 heterocycles. The van der Waals surface area contributed by atoms with Crippen molar-refractivity contribution in [1.82, 2.24) is 4.90 Å². The fourth-order valence-electron chi connectivity index (χ4n) is 1.48. The van der Waals surface area contributed by atoms with Crippen molar-refractivity contribution >= 4 is 5.91 Å². The quantitative estimate of drug-likeness (QED) is 0.612. The van der Waals surface area contributed by atoms with Crippen molar-refractivity contribution in [2.45, 2.75) is 26.2 Å². The summed E-state index contributed by atoms with van der Waals surface area (Å²) >= 11 is 0. The number of carbonyl (C=O) groups excluding carboxylic acids is 1. The first-order valence-electron chi connectivity index (χ1n) is 5.57. The summed E-state index contributed by atoms with van der Waals surface area (Å²) in [4.78, 5) is 13.6. The zero-order valence-electron chi connectivity index (χ0n) is 10.2. The van der Waals surface area contributed by atoms with E-state index in [9.17, 15) is 4.79 Å². The third kappa shape index (κ3) is 6.47. The highest BCUT2D eigenvalue weighted by Crippen LogP contribution is 2.08. The Bertz CT molecular complexity index is 174. The maximum absolute atomic E-state index is 11.8. The van der Waals surface area contributed by atoms with Gasteiger partial charge in [0, 0.05) is 33.2 Å². The number of ether oxygens (including phenoxy) is 1. The van der Waals surface area contributed by atoms with E-state index in [1.165, 1.54) is 0 Å². The van der Waals surface area contributed by atoms with Crippen LogP contribution in [0.5, 0.6) is 0 Å². The minimum absolute atomic E-state index is 0.0843. The van der Waals surface area contributed by atoms with Crippen LogP contribution in [0, 0.1) is 5.92 Å². The second-order valence-corrected chi connectivity index (χ2v) is 3.94. The lowest BCUT2D eigenvalue weighted by Crippen LogP contribution is -2.33. The number of nitrogens with two attached hydrogens (primary N) is 1. The van der Waals surface area contributed by atoms with Crippen molar-refractivity contribution < 1.29 is 9.53 Å². The predicted octanol–water partition coefficient (Wildman–Crippen LogP) is 0.856. The number of hydrogen-bond acceptors (Lipinski definition) is 3. The smallest absolute Gasteiger partial charge is 0.225 e. The third-order valence-electron chi connectivity index (χ3n) is 2.48. The van der Waals surface area contributed by atoms with Gasteiger partial charge in [-0.2, -0.15) is 0 Å². The van der Waals surface area contributed by atoms with Crippen molar-refractivity contribution in [1.29, 1.82) is 0 Å². The van der Waals surface area contributed by atoms with Crippen molar-refractivity contribution in [3.63, 3.8) is 0 Å². The van der Waals surface area contributed by atoms with Gasteiger partial charge < -0.3 is 15.4 Å². The second-order valence-electron chi connectivity index (χ2n) is 3.94. The molecule has 0 aliphatic carbocycles. The molecule has 90 valence electrons. The van der Waals surface area contributed by atoms with Gasteiger partial charge in [0.2, 0.25) is 5.91 Å². The first kappa shape index (κ1) is 14.4. The highest BCUT2D eigenvalue weighted by atomic mass is 16.5. The van der Waals surface area contributed by atoms with Crippen LogP contribution in [0.3, 0.4) is 0 Å². The second kappa shape index (κ2) is 8.68. The molecule has 0 bridgehead atoms. The molecule has 0 aliphatic rings. The number of rotatable bonds is 8. The van der Waals surface area contributed by atoms with E-state index < -0.39 is 0 Å². The molecule has 15 heavy (non-hydrogen) atoms. The molecule has 0 aromatic carbocycles. The molecule has 0 saturated carbocycles. The number of nitrogens with zero attached hydrogens (tertiary/aromatic N) is 1. The summed E-state index contributed by atoms with van der Waals surface area (Å²) in [5, 5.41) is 0. The molecule has 0 aromatic heterocycles. The van der Waals surface area contributed by atoms with Crippen LogP contribution in [-0.2, 0) is 9.53 Å². The minimum Gasteiger partial charge on any atom is -0.385 e. The van der Waals surface area contributed by atoms with Crippen molar-refractivity contribution in [2.24, 2.45) is 11.7 Å². The molecule has 4 nitrogen and oxygen atoms in total. The highest BCUT2D eigenvalue weighted by molar-refractivity contribution is 5.78. The highest BCUT2D eigenvalue weighted by Gasteiger charge is 2.16. The van der Waals surface area contributed by atoms with Crippen molar-refractivity contribution in [2.75, 3.05) is 33.9 Å². The Morgan fingerprint density at radius 3 is 2.67 bits per heavy atom. The van der Waals surface area contributed by atoms with Gasteiger partial charge in [-0.05, 0) is 25.8 Å². The fraction of sp³-hybridized carbons (Fsp3) is 0.909. The molecule has 0 spiro atoms. The zero-order valence-corrected chi connectivity index (χ0v) is 10.2. The van der Waals surface area contributed by atoms with E-state index >= 15 is 0 Å². The molecule has 1 unspecified atom stereocenters. The van der Waals surface area contributed by atoms with Crippen LogP contribution in [0.1, 0.15) is 26.2 Å². The number of methoxy groups -OCH3 is 1. The summed E-state index contributed by atoms with van der Waals surface area (Å²) < 4.78 is 4.94. The van der Waals surface area contributed by atoms with Crippen LogP contribution in [0.25, 0.3) is 0 Å². The SMILES string of the molecule is COCCCN(C)C(=O)C(C)CCCN. The van der Waals surface area contributed by atoms with Gasteiger partial charge in [-0.1, -0.05) is 6.92 Å². The zero-order chi connectivity index (χ0) is 11.7. The molecular formula is C11H24N2O2. The van der Waals surface area contributed by atoms with Crippen LogP contribution >= 0.6 is 0 Å². The standard InChI is InChI=1S/C11H24N2O2/c1-10(6-4-7-12)11(14)13(2)8-5-9-15-3/h10H,4-9,12H2,1-3H3. The molecule has 0 saturated heterocycles. The first-order valence-corrected chi connectivity index (χ1v) is 5.57. The topological polar surface area (TPSA) is 55.6 Å². The Kier molecular flexibility index (Phi) is 8.33. The van der Waals surface area contributed by atoms with E-state index in [0.29, 0.717) is 13.2 Å². The van der Waals surface area contributed by atoms with E-state index in [1.807, 2.05) is 14.0 Å². The van der Waals surface area contributed by atoms with Crippen LogP contribution in [0.4, 0.5) is 0 Å². The van der Waals surface area contributed by atoms with Crippen LogP contribution in [0.15, 0.2) is 0 Å². The fourth-order valence-corrected chi connectivity index (χ4v) is 1.48. The van der Waals surface area contributed by atoms with E-state index in [4.69, 9.17) is 10.5 Å². The lowest BCUT2D eigenvalue weighted by Gasteiger charge is -2.21. The normalized spacial score (nSPS) is 12.5. The van der Waals surface area contributed by atoms with E-state index in [1.54, 1.807) is 12.0 Å². The summed E-state index contributed by atoms with van der Waals surface area (Å²) in [5.41, 5.74) is 5.41. The third-order valence-corrected chi connectivity index (χ3v) is 2.48. The van der Waals surface area contributed by atoms with Gasteiger partial charge in [0.05, 0.1) is 0 Å². The maximum atomic E-state index is 11.8. The van der Waals surface area contributed by atoms with Gasteiger partial charge in [-0.3, -0.25) is 4.79 Å². The summed E-state index contributed by atoms with van der Waals surface area (Å²) in [6.07, 6.45) is 2.69. The van der Waals surface area contributed by atoms with Gasteiger partial charge >= 0.3 is 0 Å². The van der Waals surface area contributed by atoms with Crippen LogP contribution in [0.2, 0.25) is 0 Å².